The smallest absolute Gasteiger partial charge is 0.220 e. The zero-order chi connectivity index (χ0) is 25.3. The van der Waals surface area contributed by atoms with Crippen LogP contribution in [-0.2, 0) is 17.9 Å². The second-order valence-corrected chi connectivity index (χ2v) is 9.03. The number of para-hydroxylation sites is 1. The molecule has 0 aliphatic heterocycles. The minimum Gasteiger partial charge on any atom is -0.493 e. The van der Waals surface area contributed by atoms with E-state index in [1.165, 1.54) is 19.3 Å². The minimum absolute atomic E-state index is 0.0935. The lowest BCUT2D eigenvalue weighted by Gasteiger charge is -2.20. The minimum atomic E-state index is 0.0935. The first-order chi connectivity index (χ1) is 17.6. The number of nitrogens with one attached hydrogen (secondary N) is 1. The van der Waals surface area contributed by atoms with Crippen molar-refractivity contribution in [3.8, 4) is 29.1 Å². The quantitative estimate of drug-likeness (QED) is 0.421. The maximum atomic E-state index is 12.5. The zero-order valence-electron chi connectivity index (χ0n) is 20.8. The molecule has 0 spiro atoms. The molecular weight excluding hydrogens is 456 g/mol. The Balaban J connectivity index is 1.45. The maximum absolute atomic E-state index is 12.5. The van der Waals surface area contributed by atoms with Crippen molar-refractivity contribution in [2.75, 3.05) is 14.2 Å². The molecule has 0 atom stereocenters. The third-order valence-corrected chi connectivity index (χ3v) is 6.57. The molecular formula is C28H32N4O4. The van der Waals surface area contributed by atoms with Crippen molar-refractivity contribution in [1.29, 1.82) is 5.26 Å². The van der Waals surface area contributed by atoms with Gasteiger partial charge in [-0.1, -0.05) is 31.4 Å². The third-order valence-electron chi connectivity index (χ3n) is 6.57. The van der Waals surface area contributed by atoms with E-state index < -0.39 is 0 Å². The molecule has 4 rings (SSSR count). The van der Waals surface area contributed by atoms with E-state index in [2.05, 4.69) is 16.4 Å². The molecule has 1 aliphatic rings. The highest BCUT2D eigenvalue weighted by Gasteiger charge is 2.18. The fraction of sp³-hybridized carbons (Fsp3) is 0.393. The van der Waals surface area contributed by atoms with Crippen LogP contribution in [0, 0.1) is 17.2 Å². The second kappa shape index (κ2) is 12.1. The van der Waals surface area contributed by atoms with Gasteiger partial charge < -0.3 is 24.1 Å². The van der Waals surface area contributed by atoms with Crippen LogP contribution in [-0.4, -0.2) is 29.7 Å². The van der Waals surface area contributed by atoms with Crippen LogP contribution in [0.25, 0.3) is 0 Å². The van der Waals surface area contributed by atoms with Crippen molar-refractivity contribution in [3.05, 3.63) is 65.7 Å². The second-order valence-electron chi connectivity index (χ2n) is 9.03. The van der Waals surface area contributed by atoms with Gasteiger partial charge in [-0.05, 0) is 48.6 Å². The average Bonchev–Trinajstić information content (AvgIpc) is 3.34. The molecule has 36 heavy (non-hydrogen) atoms. The molecule has 1 amide bonds. The van der Waals surface area contributed by atoms with Gasteiger partial charge in [-0.2, -0.15) is 5.26 Å². The van der Waals surface area contributed by atoms with Gasteiger partial charge in [0.2, 0.25) is 11.7 Å². The Morgan fingerprint density at radius 3 is 2.67 bits per heavy atom. The highest BCUT2D eigenvalue weighted by molar-refractivity contribution is 5.76. The number of carbonyl (C=O) groups excluding carboxylic acids is 1. The molecule has 2 aromatic carbocycles. The molecule has 1 N–H and O–H groups in total. The fourth-order valence-electron chi connectivity index (χ4n) is 4.65. The van der Waals surface area contributed by atoms with Crippen LogP contribution in [0.5, 0.6) is 23.0 Å². The van der Waals surface area contributed by atoms with Gasteiger partial charge in [0.05, 0.1) is 38.3 Å². The topological polar surface area (TPSA) is 98.4 Å². The molecule has 8 nitrogen and oxygen atoms in total. The first-order valence-electron chi connectivity index (χ1n) is 12.3. The predicted octanol–water partition coefficient (Wildman–Crippen LogP) is 5.20. The summed E-state index contributed by atoms with van der Waals surface area (Å²) in [7, 11) is 3.10. The van der Waals surface area contributed by atoms with Crippen molar-refractivity contribution in [3.63, 3.8) is 0 Å². The number of nitrogens with zero attached hydrogens (tertiary/aromatic N) is 3. The number of ether oxygens (including phenoxy) is 3. The normalized spacial score (nSPS) is 13.6. The van der Waals surface area contributed by atoms with Crippen LogP contribution < -0.4 is 19.5 Å². The van der Waals surface area contributed by atoms with Gasteiger partial charge in [0.1, 0.15) is 11.8 Å². The molecule has 1 aromatic heterocycles. The predicted molar refractivity (Wildman–Crippen MR) is 135 cm³/mol. The number of benzene rings is 2. The molecule has 1 fully saturated rings. The zero-order valence-corrected chi connectivity index (χ0v) is 20.8. The van der Waals surface area contributed by atoms with E-state index in [9.17, 15) is 10.1 Å². The number of hydrogen-bond acceptors (Lipinski definition) is 6. The molecule has 1 saturated carbocycles. The van der Waals surface area contributed by atoms with Gasteiger partial charge in [-0.15, -0.1) is 0 Å². The van der Waals surface area contributed by atoms with Gasteiger partial charge in [-0.3, -0.25) is 4.79 Å². The van der Waals surface area contributed by atoms with Crippen LogP contribution in [0.3, 0.4) is 0 Å². The summed E-state index contributed by atoms with van der Waals surface area (Å²) < 4.78 is 18.9. The summed E-state index contributed by atoms with van der Waals surface area (Å²) in [6.45, 7) is 0.942. The van der Waals surface area contributed by atoms with Crippen LogP contribution in [0.15, 0.2) is 48.9 Å². The van der Waals surface area contributed by atoms with E-state index in [1.807, 2.05) is 16.7 Å². The van der Waals surface area contributed by atoms with Crippen LogP contribution in [0.1, 0.15) is 55.3 Å². The average molecular weight is 489 g/mol. The van der Waals surface area contributed by atoms with E-state index >= 15 is 0 Å². The van der Waals surface area contributed by atoms with Crippen LogP contribution in [0.2, 0.25) is 0 Å². The highest BCUT2D eigenvalue weighted by Crippen LogP contribution is 2.40. The summed E-state index contributed by atoms with van der Waals surface area (Å²) in [5, 5.41) is 12.7. The summed E-state index contributed by atoms with van der Waals surface area (Å²) in [6, 6.07) is 13.0. The lowest BCUT2D eigenvalue weighted by Crippen LogP contribution is -2.27. The number of hydrogen-bond donors (Lipinski definition) is 1. The van der Waals surface area contributed by atoms with Gasteiger partial charge in [0.15, 0.2) is 11.5 Å². The van der Waals surface area contributed by atoms with Gasteiger partial charge in [-0.25, -0.2) is 4.98 Å². The van der Waals surface area contributed by atoms with Gasteiger partial charge >= 0.3 is 0 Å². The monoisotopic (exact) mass is 488 g/mol. The van der Waals surface area contributed by atoms with E-state index in [0.29, 0.717) is 54.0 Å². The number of imidazole rings is 1. The summed E-state index contributed by atoms with van der Waals surface area (Å²) in [6.07, 6.45) is 10.1. The molecule has 8 heteroatoms. The number of nitriles is 1. The molecule has 1 aliphatic carbocycles. The van der Waals surface area contributed by atoms with Crippen molar-refractivity contribution >= 4 is 5.91 Å². The van der Waals surface area contributed by atoms with Gasteiger partial charge in [0.25, 0.3) is 0 Å². The molecule has 188 valence electrons. The molecule has 0 bridgehead atoms. The Bertz CT molecular complexity index is 1220. The first-order valence-corrected chi connectivity index (χ1v) is 12.3. The van der Waals surface area contributed by atoms with Crippen molar-refractivity contribution in [1.82, 2.24) is 14.9 Å². The number of carbonyl (C=O) groups is 1. The Hall–Kier alpha value is -3.99. The van der Waals surface area contributed by atoms with E-state index in [1.54, 1.807) is 51.0 Å². The Morgan fingerprint density at radius 2 is 1.92 bits per heavy atom. The largest absolute Gasteiger partial charge is 0.493 e. The van der Waals surface area contributed by atoms with Crippen molar-refractivity contribution < 1.29 is 19.0 Å². The first kappa shape index (κ1) is 25.1. The number of aromatic nitrogens is 2. The molecule has 0 unspecified atom stereocenters. The number of methoxy groups -OCH3 is 2. The standard InChI is InChI=1S/C28H32N4O4/c1-34-24-9-6-10-25(28(24)35-2)36-26-13-21(11-12-22(26)15-29)18-32-19-30-16-23(32)17-31-27(33)14-20-7-4-3-5-8-20/h6,9-13,16,19-20H,3-5,7-8,14,17-18H2,1-2H3,(H,31,33). The van der Waals surface area contributed by atoms with Crippen LogP contribution >= 0.6 is 0 Å². The maximum Gasteiger partial charge on any atom is 0.220 e. The number of rotatable bonds is 10. The molecule has 1 heterocycles. The summed E-state index contributed by atoms with van der Waals surface area (Å²) in [5.74, 6) is 2.46. The highest BCUT2D eigenvalue weighted by atomic mass is 16.5. The van der Waals surface area contributed by atoms with Gasteiger partial charge in [0, 0.05) is 19.2 Å². The third kappa shape index (κ3) is 6.16. The van der Waals surface area contributed by atoms with E-state index in [0.717, 1.165) is 24.1 Å². The van der Waals surface area contributed by atoms with Crippen LogP contribution in [0.4, 0.5) is 0 Å². The van der Waals surface area contributed by atoms with Crippen molar-refractivity contribution in [2.24, 2.45) is 5.92 Å². The lowest BCUT2D eigenvalue weighted by molar-refractivity contribution is -0.122. The lowest BCUT2D eigenvalue weighted by atomic mass is 9.87. The SMILES string of the molecule is COc1cccc(Oc2cc(Cn3cncc3CNC(=O)CC3CCCCC3)ccc2C#N)c1OC. The molecule has 0 saturated heterocycles. The Labute approximate surface area is 211 Å². The fourth-order valence-corrected chi connectivity index (χ4v) is 4.65. The van der Waals surface area contributed by atoms with E-state index in [-0.39, 0.29) is 5.91 Å². The van der Waals surface area contributed by atoms with E-state index in [4.69, 9.17) is 14.2 Å². The molecule has 0 radical (unpaired) electrons. The molecule has 3 aromatic rings. The summed E-state index contributed by atoms with van der Waals surface area (Å²) in [5.41, 5.74) is 2.25. The van der Waals surface area contributed by atoms with Crippen molar-refractivity contribution in [2.45, 2.75) is 51.6 Å². The number of amides is 1. The summed E-state index contributed by atoms with van der Waals surface area (Å²) in [4.78, 5) is 16.7. The Kier molecular flexibility index (Phi) is 8.45. The Morgan fingerprint density at radius 1 is 1.11 bits per heavy atom. The summed E-state index contributed by atoms with van der Waals surface area (Å²) >= 11 is 0.